The lowest BCUT2D eigenvalue weighted by Gasteiger charge is -2.18. The Balaban J connectivity index is 1.38. The van der Waals surface area contributed by atoms with E-state index in [2.05, 4.69) is 35.0 Å². The Hall–Kier alpha value is -2.86. The first-order valence-corrected chi connectivity index (χ1v) is 11.2. The fourth-order valence-corrected chi connectivity index (χ4v) is 4.01. The van der Waals surface area contributed by atoms with Gasteiger partial charge in [0.2, 0.25) is 5.91 Å². The molecule has 0 radical (unpaired) electrons. The largest absolute Gasteiger partial charge is 0.494 e. The van der Waals surface area contributed by atoms with Crippen LogP contribution in [-0.2, 0) is 16.1 Å². The summed E-state index contributed by atoms with van der Waals surface area (Å²) in [6.07, 6.45) is 3.30. The Bertz CT molecular complexity index is 1010. The monoisotopic (exact) mass is 421 g/mol. The van der Waals surface area contributed by atoms with E-state index in [-0.39, 0.29) is 18.1 Å². The molecule has 0 saturated carbocycles. The van der Waals surface area contributed by atoms with Crippen molar-refractivity contribution < 1.29 is 14.3 Å². The molecule has 2 unspecified atom stereocenters. The predicted octanol–water partition coefficient (Wildman–Crippen LogP) is 4.56. The number of aromatic nitrogens is 2. The number of unbranched alkanes of at least 4 members (excludes halogenated alkanes) is 1. The maximum Gasteiger partial charge on any atom is 0.249 e. The molecular formula is C25H31N3O3. The third-order valence-corrected chi connectivity index (χ3v) is 5.72. The van der Waals surface area contributed by atoms with E-state index in [4.69, 9.17) is 14.5 Å². The summed E-state index contributed by atoms with van der Waals surface area (Å²) in [4.78, 5) is 17.3. The molecular weight excluding hydrogens is 390 g/mol. The highest BCUT2D eigenvalue weighted by Crippen LogP contribution is 2.23. The lowest BCUT2D eigenvalue weighted by atomic mass is 10.2. The van der Waals surface area contributed by atoms with E-state index >= 15 is 0 Å². The van der Waals surface area contributed by atoms with Crippen LogP contribution in [0.15, 0.2) is 48.5 Å². The zero-order valence-electron chi connectivity index (χ0n) is 18.3. The molecule has 3 aromatic rings. The van der Waals surface area contributed by atoms with Gasteiger partial charge < -0.3 is 19.4 Å². The standard InChI is InChI=1S/C25H31N3O3/c1-18-11-13-20(14-12-18)30-16-6-5-15-28-22-9-4-3-8-21(22)27-24(28)19(2)26-25(29)23-10-7-17-31-23/h3-4,8-9,11-14,19,23H,5-7,10,15-17H2,1-2H3,(H,26,29). The lowest BCUT2D eigenvalue weighted by Crippen LogP contribution is -2.36. The molecule has 1 saturated heterocycles. The minimum absolute atomic E-state index is 0.0462. The van der Waals surface area contributed by atoms with Gasteiger partial charge >= 0.3 is 0 Å². The molecule has 6 heteroatoms. The number of amides is 1. The van der Waals surface area contributed by atoms with Gasteiger partial charge in [0.05, 0.1) is 23.7 Å². The van der Waals surface area contributed by atoms with Crippen molar-refractivity contribution in [1.29, 1.82) is 0 Å². The topological polar surface area (TPSA) is 65.4 Å². The smallest absolute Gasteiger partial charge is 0.249 e. The number of imidazole rings is 1. The van der Waals surface area contributed by atoms with E-state index < -0.39 is 0 Å². The van der Waals surface area contributed by atoms with Gasteiger partial charge in [0.25, 0.3) is 0 Å². The lowest BCUT2D eigenvalue weighted by molar-refractivity contribution is -0.130. The highest BCUT2D eigenvalue weighted by atomic mass is 16.5. The van der Waals surface area contributed by atoms with E-state index in [1.54, 1.807) is 0 Å². The second-order valence-electron chi connectivity index (χ2n) is 8.21. The number of hydrogen-bond donors (Lipinski definition) is 1. The normalized spacial score (nSPS) is 17.0. The molecule has 1 N–H and O–H groups in total. The van der Waals surface area contributed by atoms with Gasteiger partial charge in [0.1, 0.15) is 17.7 Å². The summed E-state index contributed by atoms with van der Waals surface area (Å²) in [5, 5.41) is 3.10. The summed E-state index contributed by atoms with van der Waals surface area (Å²) in [6.45, 7) is 6.23. The van der Waals surface area contributed by atoms with Crippen molar-refractivity contribution in [2.45, 2.75) is 58.2 Å². The Kier molecular flexibility index (Phi) is 6.87. The van der Waals surface area contributed by atoms with Crippen LogP contribution in [-0.4, -0.2) is 34.8 Å². The second-order valence-corrected chi connectivity index (χ2v) is 8.21. The Morgan fingerprint density at radius 3 is 2.81 bits per heavy atom. The van der Waals surface area contributed by atoms with Crippen LogP contribution in [0.2, 0.25) is 0 Å². The zero-order chi connectivity index (χ0) is 21.6. The first-order chi connectivity index (χ1) is 15.1. The van der Waals surface area contributed by atoms with Gasteiger partial charge in [-0.25, -0.2) is 4.98 Å². The van der Waals surface area contributed by atoms with Gasteiger partial charge in [-0.2, -0.15) is 0 Å². The first-order valence-electron chi connectivity index (χ1n) is 11.2. The average Bonchev–Trinajstić information content (AvgIpc) is 3.43. The number of para-hydroxylation sites is 2. The van der Waals surface area contributed by atoms with E-state index in [0.717, 1.165) is 54.8 Å². The van der Waals surface area contributed by atoms with Crippen molar-refractivity contribution in [1.82, 2.24) is 14.9 Å². The van der Waals surface area contributed by atoms with Crippen LogP contribution in [0, 0.1) is 6.92 Å². The van der Waals surface area contributed by atoms with Gasteiger partial charge in [-0.05, 0) is 63.8 Å². The van der Waals surface area contributed by atoms with Crippen molar-refractivity contribution in [2.24, 2.45) is 0 Å². The highest BCUT2D eigenvalue weighted by molar-refractivity contribution is 5.81. The van der Waals surface area contributed by atoms with E-state index in [1.165, 1.54) is 5.56 Å². The SMILES string of the molecule is Cc1ccc(OCCCCn2c(C(C)NC(=O)C3CCCO3)nc3ccccc32)cc1. The minimum atomic E-state index is -0.334. The summed E-state index contributed by atoms with van der Waals surface area (Å²) >= 11 is 0. The molecule has 6 nitrogen and oxygen atoms in total. The third kappa shape index (κ3) is 5.25. The molecule has 0 spiro atoms. The van der Waals surface area contributed by atoms with Crippen LogP contribution in [0.5, 0.6) is 5.75 Å². The number of carbonyl (C=O) groups is 1. The molecule has 1 amide bonds. The van der Waals surface area contributed by atoms with Crippen LogP contribution in [0.25, 0.3) is 11.0 Å². The molecule has 31 heavy (non-hydrogen) atoms. The van der Waals surface area contributed by atoms with E-state index in [0.29, 0.717) is 13.2 Å². The van der Waals surface area contributed by atoms with Gasteiger partial charge in [-0.1, -0.05) is 29.8 Å². The van der Waals surface area contributed by atoms with E-state index in [9.17, 15) is 4.79 Å². The van der Waals surface area contributed by atoms with Crippen molar-refractivity contribution in [3.8, 4) is 5.75 Å². The summed E-state index contributed by atoms with van der Waals surface area (Å²) in [5.41, 5.74) is 3.27. The van der Waals surface area contributed by atoms with Crippen molar-refractivity contribution >= 4 is 16.9 Å². The number of carbonyl (C=O) groups excluding carboxylic acids is 1. The Morgan fingerprint density at radius 2 is 2.03 bits per heavy atom. The van der Waals surface area contributed by atoms with Gasteiger partial charge in [-0.15, -0.1) is 0 Å². The number of ether oxygens (including phenoxy) is 2. The molecule has 0 bridgehead atoms. The van der Waals surface area contributed by atoms with Crippen LogP contribution < -0.4 is 10.1 Å². The zero-order valence-corrected chi connectivity index (χ0v) is 18.3. The molecule has 1 aromatic heterocycles. The maximum atomic E-state index is 12.5. The fourth-order valence-electron chi connectivity index (χ4n) is 4.01. The third-order valence-electron chi connectivity index (χ3n) is 5.72. The molecule has 4 rings (SSSR count). The number of aryl methyl sites for hydroxylation is 2. The van der Waals surface area contributed by atoms with Gasteiger partial charge in [0.15, 0.2) is 0 Å². The average molecular weight is 422 g/mol. The van der Waals surface area contributed by atoms with Crippen LogP contribution in [0.3, 0.4) is 0 Å². The Labute approximate surface area is 183 Å². The summed E-state index contributed by atoms with van der Waals surface area (Å²) in [6, 6.07) is 16.1. The number of nitrogens with zero attached hydrogens (tertiary/aromatic N) is 2. The van der Waals surface area contributed by atoms with Gasteiger partial charge in [-0.3, -0.25) is 4.79 Å². The fraction of sp³-hybridized carbons (Fsp3) is 0.440. The molecule has 1 aliphatic rings. The predicted molar refractivity (Wildman–Crippen MR) is 121 cm³/mol. The van der Waals surface area contributed by atoms with Crippen molar-refractivity contribution in [3.63, 3.8) is 0 Å². The number of hydrogen-bond acceptors (Lipinski definition) is 4. The minimum Gasteiger partial charge on any atom is -0.494 e. The number of rotatable bonds is 9. The molecule has 1 fully saturated rings. The molecule has 2 atom stereocenters. The van der Waals surface area contributed by atoms with Crippen LogP contribution in [0.1, 0.15) is 50.0 Å². The number of fused-ring (bicyclic) bond motifs is 1. The van der Waals surface area contributed by atoms with Crippen LogP contribution in [0.4, 0.5) is 0 Å². The van der Waals surface area contributed by atoms with Crippen molar-refractivity contribution in [3.05, 3.63) is 59.9 Å². The second kappa shape index (κ2) is 9.96. The van der Waals surface area contributed by atoms with Crippen LogP contribution >= 0.6 is 0 Å². The summed E-state index contributed by atoms with van der Waals surface area (Å²) in [7, 11) is 0. The molecule has 164 valence electrons. The maximum absolute atomic E-state index is 12.5. The number of benzene rings is 2. The van der Waals surface area contributed by atoms with E-state index in [1.807, 2.05) is 37.3 Å². The quantitative estimate of drug-likeness (QED) is 0.515. The molecule has 1 aliphatic heterocycles. The van der Waals surface area contributed by atoms with Crippen molar-refractivity contribution in [2.75, 3.05) is 13.2 Å². The van der Waals surface area contributed by atoms with Gasteiger partial charge in [0, 0.05) is 13.2 Å². The first kappa shape index (κ1) is 21.4. The Morgan fingerprint density at radius 1 is 1.23 bits per heavy atom. The summed E-state index contributed by atoms with van der Waals surface area (Å²) in [5.74, 6) is 1.74. The molecule has 0 aliphatic carbocycles. The number of nitrogens with one attached hydrogen (secondary N) is 1. The summed E-state index contributed by atoms with van der Waals surface area (Å²) < 4.78 is 13.6. The molecule has 2 aromatic carbocycles. The molecule has 2 heterocycles. The highest BCUT2D eigenvalue weighted by Gasteiger charge is 2.26.